The lowest BCUT2D eigenvalue weighted by Crippen LogP contribution is -2.62. The predicted molar refractivity (Wildman–Crippen MR) is 98.5 cm³/mol. The summed E-state index contributed by atoms with van der Waals surface area (Å²) in [5, 5.41) is 9.59. The Hall–Kier alpha value is -1.46. The van der Waals surface area contributed by atoms with Gasteiger partial charge in [0, 0.05) is 11.6 Å². The second kappa shape index (κ2) is 5.52. The van der Waals surface area contributed by atoms with Gasteiger partial charge in [-0.2, -0.15) is 0 Å². The number of ether oxygens (including phenoxy) is 1. The summed E-state index contributed by atoms with van der Waals surface area (Å²) in [4.78, 5) is 2.69. The van der Waals surface area contributed by atoms with Gasteiger partial charge in [0.15, 0.2) is 11.6 Å². The number of aromatic nitrogens is 1. The molecular formula is C19H24ClN3O2. The molecule has 1 aliphatic carbocycles. The summed E-state index contributed by atoms with van der Waals surface area (Å²) in [5.74, 6) is 2.15. The van der Waals surface area contributed by atoms with Crippen LogP contribution in [0.2, 0.25) is 5.02 Å². The number of piperidine rings is 3. The number of benzene rings is 1. The van der Waals surface area contributed by atoms with Crippen molar-refractivity contribution in [3.63, 3.8) is 0 Å². The highest BCUT2D eigenvalue weighted by Crippen LogP contribution is 2.54. The molecular weight excluding hydrogens is 338 g/mol. The molecule has 4 fully saturated rings. The second-order valence-electron chi connectivity index (χ2n) is 8.00. The molecule has 4 aliphatic rings. The third kappa shape index (κ3) is 2.36. The summed E-state index contributed by atoms with van der Waals surface area (Å²) in [6.45, 7) is 6.47. The van der Waals surface area contributed by atoms with E-state index in [0.29, 0.717) is 27.9 Å². The van der Waals surface area contributed by atoms with E-state index in [1.54, 1.807) is 0 Å². The number of nitrogens with one attached hydrogen (secondary N) is 1. The quantitative estimate of drug-likeness (QED) is 0.879. The highest BCUT2D eigenvalue weighted by molar-refractivity contribution is 6.33. The van der Waals surface area contributed by atoms with E-state index in [4.69, 9.17) is 20.9 Å². The van der Waals surface area contributed by atoms with Crippen LogP contribution < -0.4 is 10.1 Å². The van der Waals surface area contributed by atoms with Crippen molar-refractivity contribution in [1.82, 2.24) is 10.1 Å². The molecule has 0 radical (unpaired) electrons. The van der Waals surface area contributed by atoms with Crippen molar-refractivity contribution in [1.29, 1.82) is 0 Å². The molecule has 0 amide bonds. The van der Waals surface area contributed by atoms with Crippen LogP contribution in [0.4, 0.5) is 5.82 Å². The van der Waals surface area contributed by atoms with Crippen molar-refractivity contribution in [3.8, 4) is 5.75 Å². The normalized spacial score (nSPS) is 29.5. The summed E-state index contributed by atoms with van der Waals surface area (Å²) in [6, 6.07) is 4.31. The minimum absolute atomic E-state index is 0.0289. The molecule has 1 N–H and O–H groups in total. The number of anilines is 1. The van der Waals surface area contributed by atoms with Gasteiger partial charge in [-0.3, -0.25) is 4.90 Å². The molecule has 1 saturated carbocycles. The summed E-state index contributed by atoms with van der Waals surface area (Å²) >= 11 is 6.32. The largest absolute Gasteiger partial charge is 0.485 e. The molecule has 1 spiro atoms. The molecule has 1 aromatic heterocycles. The van der Waals surface area contributed by atoms with Crippen molar-refractivity contribution in [2.24, 2.45) is 5.92 Å². The van der Waals surface area contributed by atoms with Gasteiger partial charge >= 0.3 is 0 Å². The first-order valence-electron chi connectivity index (χ1n) is 9.34. The fourth-order valence-electron chi connectivity index (χ4n) is 4.87. The van der Waals surface area contributed by atoms with Gasteiger partial charge in [0.2, 0.25) is 5.58 Å². The first-order valence-corrected chi connectivity index (χ1v) is 9.72. The van der Waals surface area contributed by atoms with Crippen LogP contribution >= 0.6 is 11.6 Å². The molecule has 0 unspecified atom stereocenters. The van der Waals surface area contributed by atoms with Gasteiger partial charge in [-0.1, -0.05) is 16.8 Å². The fraction of sp³-hybridized carbons (Fsp3) is 0.632. The van der Waals surface area contributed by atoms with Gasteiger partial charge in [-0.15, -0.1) is 0 Å². The van der Waals surface area contributed by atoms with Crippen LogP contribution in [0.1, 0.15) is 39.5 Å². The molecule has 3 aliphatic heterocycles. The molecule has 1 aromatic carbocycles. The van der Waals surface area contributed by atoms with E-state index in [9.17, 15) is 0 Å². The molecule has 2 aromatic rings. The minimum atomic E-state index is 0.0289. The van der Waals surface area contributed by atoms with Crippen LogP contribution in [-0.4, -0.2) is 40.8 Å². The van der Waals surface area contributed by atoms with Crippen LogP contribution in [0.25, 0.3) is 11.0 Å². The molecule has 3 saturated heterocycles. The smallest absolute Gasteiger partial charge is 0.212 e. The van der Waals surface area contributed by atoms with E-state index in [-0.39, 0.29) is 6.10 Å². The van der Waals surface area contributed by atoms with E-state index in [0.717, 1.165) is 17.1 Å². The predicted octanol–water partition coefficient (Wildman–Crippen LogP) is 4.31. The zero-order valence-corrected chi connectivity index (χ0v) is 15.5. The lowest BCUT2D eigenvalue weighted by molar-refractivity contribution is 0.0202. The van der Waals surface area contributed by atoms with E-state index >= 15 is 0 Å². The number of hydrogen-bond acceptors (Lipinski definition) is 5. The Morgan fingerprint density at radius 2 is 2.08 bits per heavy atom. The number of fused-ring (bicyclic) bond motifs is 3. The Morgan fingerprint density at radius 3 is 2.76 bits per heavy atom. The molecule has 1 atom stereocenters. The van der Waals surface area contributed by atoms with Gasteiger partial charge in [-0.25, -0.2) is 0 Å². The molecule has 25 heavy (non-hydrogen) atoms. The van der Waals surface area contributed by atoms with Crippen molar-refractivity contribution < 1.29 is 9.26 Å². The summed E-state index contributed by atoms with van der Waals surface area (Å²) < 4.78 is 11.5. The maximum Gasteiger partial charge on any atom is 0.212 e. The Kier molecular flexibility index (Phi) is 3.48. The molecule has 134 valence electrons. The van der Waals surface area contributed by atoms with Crippen LogP contribution in [0, 0.1) is 5.92 Å². The number of rotatable bonds is 4. The minimum Gasteiger partial charge on any atom is -0.485 e. The van der Waals surface area contributed by atoms with E-state index < -0.39 is 0 Å². The van der Waals surface area contributed by atoms with Gasteiger partial charge < -0.3 is 14.6 Å². The van der Waals surface area contributed by atoms with Crippen LogP contribution in [0.5, 0.6) is 5.75 Å². The highest BCUT2D eigenvalue weighted by atomic mass is 35.5. The van der Waals surface area contributed by atoms with Gasteiger partial charge in [0.25, 0.3) is 0 Å². The highest BCUT2D eigenvalue weighted by Gasteiger charge is 2.60. The maximum atomic E-state index is 6.32. The summed E-state index contributed by atoms with van der Waals surface area (Å²) in [6.07, 6.45) is 5.18. The number of nitrogens with zero attached hydrogens (tertiary/aromatic N) is 2. The molecule has 4 heterocycles. The van der Waals surface area contributed by atoms with Crippen molar-refractivity contribution in [3.05, 3.63) is 17.2 Å². The van der Waals surface area contributed by atoms with Crippen molar-refractivity contribution in [2.45, 2.75) is 57.2 Å². The zero-order valence-electron chi connectivity index (χ0n) is 14.7. The standard InChI is InChI=1S/C19H24ClN3O2/c1-11(2)24-16-14(20)4-3-13-15(16)25-22-18(13)21-17-12-5-9-23(10-6-12)19(17)7-8-19/h3-4,11-12,17H,5-10H2,1-2H3,(H,21,22)/t17-/m0/s1. The number of hydrogen-bond donors (Lipinski definition) is 1. The summed E-state index contributed by atoms with van der Waals surface area (Å²) in [5.41, 5.74) is 0.991. The second-order valence-corrected chi connectivity index (χ2v) is 8.41. The zero-order chi connectivity index (χ0) is 17.2. The van der Waals surface area contributed by atoms with Crippen molar-refractivity contribution in [2.75, 3.05) is 18.4 Å². The Labute approximate surface area is 152 Å². The van der Waals surface area contributed by atoms with Gasteiger partial charge in [0.1, 0.15) is 0 Å². The lowest BCUT2D eigenvalue weighted by Gasteiger charge is -2.52. The first kappa shape index (κ1) is 15.8. The Balaban J connectivity index is 1.50. The van der Waals surface area contributed by atoms with Gasteiger partial charge in [-0.05, 0) is 70.7 Å². The summed E-state index contributed by atoms with van der Waals surface area (Å²) in [7, 11) is 0. The third-order valence-electron chi connectivity index (χ3n) is 6.18. The SMILES string of the molecule is CC(C)Oc1c(Cl)ccc2c(N[C@H]3C4CCN(CC4)C34CC4)noc12. The average molecular weight is 362 g/mol. The van der Waals surface area contributed by atoms with E-state index in [1.807, 2.05) is 26.0 Å². The lowest BCUT2D eigenvalue weighted by atomic mass is 9.77. The average Bonchev–Trinajstić information content (AvgIpc) is 3.27. The van der Waals surface area contributed by atoms with Gasteiger partial charge in [0.05, 0.1) is 16.5 Å². The molecule has 6 rings (SSSR count). The molecule has 2 bridgehead atoms. The van der Waals surface area contributed by atoms with Crippen LogP contribution in [0.15, 0.2) is 16.7 Å². The third-order valence-corrected chi connectivity index (χ3v) is 6.47. The maximum absolute atomic E-state index is 6.32. The topological polar surface area (TPSA) is 50.5 Å². The van der Waals surface area contributed by atoms with Crippen LogP contribution in [0.3, 0.4) is 0 Å². The monoisotopic (exact) mass is 361 g/mol. The van der Waals surface area contributed by atoms with E-state index in [2.05, 4.69) is 15.4 Å². The molecule has 5 nitrogen and oxygen atoms in total. The van der Waals surface area contributed by atoms with Crippen LogP contribution in [-0.2, 0) is 0 Å². The fourth-order valence-corrected chi connectivity index (χ4v) is 5.07. The van der Waals surface area contributed by atoms with Crippen molar-refractivity contribution >= 4 is 28.4 Å². The molecule has 6 heteroatoms. The number of halogens is 1. The first-order chi connectivity index (χ1) is 12.1. The van der Waals surface area contributed by atoms with E-state index in [1.165, 1.54) is 38.8 Å². The Bertz CT molecular complexity index is 806. The Morgan fingerprint density at radius 1 is 1.32 bits per heavy atom.